The van der Waals surface area contributed by atoms with E-state index >= 15 is 0 Å². The highest BCUT2D eigenvalue weighted by Gasteiger charge is 2.49. The Balaban J connectivity index is 1.41. The third-order valence-electron chi connectivity index (χ3n) is 10.3. The minimum Gasteiger partial charge on any atom is -0.389 e. The summed E-state index contributed by atoms with van der Waals surface area (Å²) in [5.41, 5.74) is 9.11. The molecule has 0 aromatic carbocycles. The molecular weight excluding hydrogens is 586 g/mol. The van der Waals surface area contributed by atoms with Crippen LogP contribution in [0.5, 0.6) is 0 Å². The number of hydrogen-bond acceptors (Lipinski definition) is 11. The zero-order chi connectivity index (χ0) is 31.7. The van der Waals surface area contributed by atoms with Gasteiger partial charge in [0.05, 0.1) is 34.2 Å². The van der Waals surface area contributed by atoms with E-state index in [1.165, 1.54) is 11.3 Å². The lowest BCUT2D eigenvalue weighted by Crippen LogP contribution is -2.39. The standard InChI is InChI=1S/C33H43N9O2S/c1-6-41(18-32(3,4)43)30-22-17-36-42(19(2)23-11-9-15-40(23)5)31(22)38-29(37-30)26-20-10-7-13-33(27(20)44-39-26)14-8-12-24-25(33)21(16-34)28(35)45-24/h17,19,23,43H,6-15,18,35H2,1-5H3/t19-,23-,33-/m0/s1. The van der Waals surface area contributed by atoms with Crippen LogP contribution in [0.1, 0.15) is 99.6 Å². The first kappa shape index (κ1) is 30.1. The fraction of sp³-hybridized carbons (Fsp3) is 0.606. The molecule has 5 heterocycles. The molecule has 4 aromatic heterocycles. The van der Waals surface area contributed by atoms with E-state index in [0.717, 1.165) is 85.2 Å². The SMILES string of the molecule is CCN(CC(C)(C)O)c1nc(-c2noc3c2CCC[C@@]32CCCc3sc(N)c(C#N)c32)nc2c1cnn2[C@@H](C)[C@@H]1CCCN1C. The van der Waals surface area contributed by atoms with Crippen molar-refractivity contribution in [3.8, 4) is 17.6 Å². The van der Waals surface area contributed by atoms with Crippen molar-refractivity contribution in [2.75, 3.05) is 37.3 Å². The number of rotatable bonds is 7. The molecule has 1 fully saturated rings. The Labute approximate surface area is 268 Å². The summed E-state index contributed by atoms with van der Waals surface area (Å²) >= 11 is 1.55. The summed E-state index contributed by atoms with van der Waals surface area (Å²) in [6.45, 7) is 10.1. The summed E-state index contributed by atoms with van der Waals surface area (Å²) < 4.78 is 8.36. The van der Waals surface area contributed by atoms with Crippen molar-refractivity contribution >= 4 is 33.2 Å². The van der Waals surface area contributed by atoms with E-state index in [4.69, 9.17) is 30.5 Å². The number of likely N-dealkylation sites (tertiary alicyclic amines) is 1. The fourth-order valence-electron chi connectivity index (χ4n) is 8.28. The molecule has 1 saturated heterocycles. The van der Waals surface area contributed by atoms with Crippen molar-refractivity contribution in [2.45, 2.75) is 102 Å². The molecule has 238 valence electrons. The van der Waals surface area contributed by atoms with Gasteiger partial charge in [0.25, 0.3) is 0 Å². The van der Waals surface area contributed by atoms with Gasteiger partial charge in [-0.2, -0.15) is 10.4 Å². The number of fused-ring (bicyclic) bond motifs is 5. The van der Waals surface area contributed by atoms with Gasteiger partial charge in [-0.3, -0.25) is 0 Å². The smallest absolute Gasteiger partial charge is 0.186 e. The van der Waals surface area contributed by atoms with Crippen molar-refractivity contribution in [3.63, 3.8) is 0 Å². The lowest BCUT2D eigenvalue weighted by atomic mass is 9.63. The number of nitriles is 1. The molecule has 1 spiro atoms. The normalized spacial score (nSPS) is 22.5. The van der Waals surface area contributed by atoms with Gasteiger partial charge in [-0.25, -0.2) is 14.6 Å². The number of aliphatic hydroxyl groups is 1. The van der Waals surface area contributed by atoms with Crippen molar-refractivity contribution in [2.24, 2.45) is 0 Å². The molecule has 4 aromatic rings. The quantitative estimate of drug-likeness (QED) is 0.279. The molecule has 45 heavy (non-hydrogen) atoms. The van der Waals surface area contributed by atoms with Crippen LogP contribution in [0.3, 0.4) is 0 Å². The molecular formula is C33H43N9O2S. The third kappa shape index (κ3) is 4.82. The number of thiophene rings is 1. The zero-order valence-corrected chi connectivity index (χ0v) is 27.7. The van der Waals surface area contributed by atoms with E-state index in [-0.39, 0.29) is 6.04 Å². The summed E-state index contributed by atoms with van der Waals surface area (Å²) in [6, 6.07) is 2.88. The lowest BCUT2D eigenvalue weighted by molar-refractivity contribution is 0.0875. The molecule has 0 amide bonds. The number of aryl methyl sites for hydroxylation is 1. The van der Waals surface area contributed by atoms with Crippen LogP contribution in [0.2, 0.25) is 0 Å². The maximum absolute atomic E-state index is 10.8. The van der Waals surface area contributed by atoms with Crippen LogP contribution < -0.4 is 10.6 Å². The molecule has 0 unspecified atom stereocenters. The van der Waals surface area contributed by atoms with Crippen molar-refractivity contribution in [1.82, 2.24) is 29.8 Å². The molecule has 7 rings (SSSR count). The van der Waals surface area contributed by atoms with E-state index in [1.807, 2.05) is 24.7 Å². The highest BCUT2D eigenvalue weighted by molar-refractivity contribution is 7.16. The van der Waals surface area contributed by atoms with Gasteiger partial charge in [-0.15, -0.1) is 11.3 Å². The second kappa shape index (κ2) is 11.1. The zero-order valence-electron chi connectivity index (χ0n) is 26.9. The molecule has 0 saturated carbocycles. The van der Waals surface area contributed by atoms with Crippen LogP contribution in [0.15, 0.2) is 10.7 Å². The van der Waals surface area contributed by atoms with Gasteiger partial charge in [-0.05, 0) is 98.2 Å². The largest absolute Gasteiger partial charge is 0.389 e. The van der Waals surface area contributed by atoms with Crippen LogP contribution >= 0.6 is 11.3 Å². The van der Waals surface area contributed by atoms with Gasteiger partial charge >= 0.3 is 0 Å². The summed E-state index contributed by atoms with van der Waals surface area (Å²) in [4.78, 5) is 16.0. The minimum atomic E-state index is -0.928. The fourth-order valence-corrected chi connectivity index (χ4v) is 9.45. The Morgan fingerprint density at radius 1 is 1.27 bits per heavy atom. The van der Waals surface area contributed by atoms with Crippen LogP contribution in [-0.4, -0.2) is 73.2 Å². The van der Waals surface area contributed by atoms with E-state index < -0.39 is 11.0 Å². The average Bonchev–Trinajstić information content (AvgIpc) is 3.79. The highest BCUT2D eigenvalue weighted by atomic mass is 32.1. The van der Waals surface area contributed by atoms with Gasteiger partial charge in [0, 0.05) is 29.6 Å². The van der Waals surface area contributed by atoms with Crippen LogP contribution in [-0.2, 0) is 18.3 Å². The number of hydrogen-bond donors (Lipinski definition) is 2. The monoisotopic (exact) mass is 629 g/mol. The van der Waals surface area contributed by atoms with Crippen molar-refractivity contribution < 1.29 is 9.63 Å². The number of anilines is 2. The topological polar surface area (TPSA) is 146 Å². The van der Waals surface area contributed by atoms with Gasteiger partial charge in [0.2, 0.25) is 0 Å². The van der Waals surface area contributed by atoms with E-state index in [1.54, 1.807) is 11.3 Å². The predicted octanol–water partition coefficient (Wildman–Crippen LogP) is 5.21. The number of likely N-dealkylation sites (N-methyl/N-ethyl adjacent to an activating group) is 2. The van der Waals surface area contributed by atoms with Crippen LogP contribution in [0.25, 0.3) is 22.6 Å². The molecule has 11 nitrogen and oxygen atoms in total. The van der Waals surface area contributed by atoms with Gasteiger partial charge in [-0.1, -0.05) is 5.16 Å². The summed E-state index contributed by atoms with van der Waals surface area (Å²) in [7, 11) is 2.18. The summed E-state index contributed by atoms with van der Waals surface area (Å²) in [5, 5.41) is 32.0. The lowest BCUT2D eigenvalue weighted by Gasteiger charge is -2.39. The Bertz CT molecular complexity index is 1790. The second-order valence-corrected chi connectivity index (χ2v) is 15.0. The highest BCUT2D eigenvalue weighted by Crippen LogP contribution is 2.55. The number of aromatic nitrogens is 5. The summed E-state index contributed by atoms with van der Waals surface area (Å²) in [5.74, 6) is 2.07. The molecule has 3 N–H and O–H groups in total. The Hall–Kier alpha value is -3.53. The van der Waals surface area contributed by atoms with Crippen LogP contribution in [0, 0.1) is 11.3 Å². The first-order chi connectivity index (χ1) is 21.6. The molecule has 12 heteroatoms. The predicted molar refractivity (Wildman–Crippen MR) is 175 cm³/mol. The first-order valence-corrected chi connectivity index (χ1v) is 17.1. The van der Waals surface area contributed by atoms with Gasteiger partial charge < -0.3 is 25.2 Å². The van der Waals surface area contributed by atoms with Gasteiger partial charge in [0.15, 0.2) is 22.9 Å². The Morgan fingerprint density at radius 2 is 2.04 bits per heavy atom. The maximum atomic E-state index is 10.8. The van der Waals surface area contributed by atoms with Gasteiger partial charge in [0.1, 0.15) is 16.9 Å². The molecule has 0 bridgehead atoms. The molecule has 3 atom stereocenters. The van der Waals surface area contributed by atoms with E-state index in [2.05, 4.69) is 36.8 Å². The number of nitrogens with zero attached hydrogens (tertiary/aromatic N) is 8. The third-order valence-corrected chi connectivity index (χ3v) is 11.4. The summed E-state index contributed by atoms with van der Waals surface area (Å²) in [6.07, 6.45) is 9.62. The average molecular weight is 630 g/mol. The maximum Gasteiger partial charge on any atom is 0.186 e. The number of nitrogens with two attached hydrogens (primary N) is 1. The Morgan fingerprint density at radius 3 is 2.73 bits per heavy atom. The van der Waals surface area contributed by atoms with Crippen molar-refractivity contribution in [1.29, 1.82) is 5.26 Å². The van der Waals surface area contributed by atoms with E-state index in [0.29, 0.717) is 41.2 Å². The molecule has 0 radical (unpaired) electrons. The number of nitrogen functional groups attached to an aromatic ring is 1. The molecule has 2 aliphatic carbocycles. The minimum absolute atomic E-state index is 0.110. The Kier molecular flexibility index (Phi) is 7.41. The first-order valence-electron chi connectivity index (χ1n) is 16.3. The van der Waals surface area contributed by atoms with Crippen LogP contribution in [0.4, 0.5) is 10.8 Å². The van der Waals surface area contributed by atoms with Crippen molar-refractivity contribution in [3.05, 3.63) is 33.5 Å². The second-order valence-electron chi connectivity index (χ2n) is 13.8. The van der Waals surface area contributed by atoms with E-state index in [9.17, 15) is 10.4 Å². The molecule has 3 aliphatic rings. The molecule has 1 aliphatic heterocycles.